The van der Waals surface area contributed by atoms with Gasteiger partial charge in [-0.3, -0.25) is 9.69 Å². The van der Waals surface area contributed by atoms with E-state index in [2.05, 4.69) is 10.2 Å². The van der Waals surface area contributed by atoms with E-state index in [1.54, 1.807) is 6.92 Å². The Bertz CT molecular complexity index is 348. The summed E-state index contributed by atoms with van der Waals surface area (Å²) in [7, 11) is 0. The molecule has 0 radical (unpaired) electrons. The van der Waals surface area contributed by atoms with Crippen molar-refractivity contribution in [2.24, 2.45) is 0 Å². The van der Waals surface area contributed by atoms with E-state index in [1.165, 1.54) is 25.7 Å². The molecule has 2 fully saturated rings. The van der Waals surface area contributed by atoms with Crippen molar-refractivity contribution in [1.29, 1.82) is 0 Å². The van der Waals surface area contributed by atoms with Crippen LogP contribution in [0.1, 0.15) is 39.0 Å². The second-order valence-corrected chi connectivity index (χ2v) is 5.75. The maximum absolute atomic E-state index is 12.0. The minimum absolute atomic E-state index is 0.0645. The molecule has 0 aromatic rings. The predicted octanol–water partition coefficient (Wildman–Crippen LogP) is 1.21. The Labute approximate surface area is 126 Å². The third kappa shape index (κ3) is 4.88. The number of ether oxygens (including phenoxy) is 1. The molecule has 2 amide bonds. The number of carbonyl (C=O) groups excluding carboxylic acids is 2. The van der Waals surface area contributed by atoms with E-state index in [1.807, 2.05) is 4.90 Å². The van der Waals surface area contributed by atoms with Gasteiger partial charge in [0, 0.05) is 38.8 Å². The zero-order valence-electron chi connectivity index (χ0n) is 13.0. The Balaban J connectivity index is 1.62. The van der Waals surface area contributed by atoms with Crippen molar-refractivity contribution in [2.75, 3.05) is 39.3 Å². The van der Waals surface area contributed by atoms with Crippen LogP contribution < -0.4 is 5.32 Å². The molecule has 0 spiro atoms. The van der Waals surface area contributed by atoms with Crippen molar-refractivity contribution >= 4 is 12.0 Å². The highest BCUT2D eigenvalue weighted by molar-refractivity contribution is 5.75. The molecular formula is C15H27N3O3. The molecule has 0 aromatic heterocycles. The lowest BCUT2D eigenvalue weighted by Crippen LogP contribution is -2.53. The number of carbonyl (C=O) groups is 2. The number of hydrogen-bond donors (Lipinski definition) is 1. The molecule has 1 heterocycles. The number of rotatable bonds is 5. The van der Waals surface area contributed by atoms with Crippen LogP contribution >= 0.6 is 0 Å². The molecule has 6 nitrogen and oxygen atoms in total. The molecule has 0 atom stereocenters. The van der Waals surface area contributed by atoms with E-state index < -0.39 is 0 Å². The monoisotopic (exact) mass is 297 g/mol. The minimum Gasteiger partial charge on any atom is -0.466 e. The Morgan fingerprint density at radius 2 is 1.81 bits per heavy atom. The quantitative estimate of drug-likeness (QED) is 0.775. The third-order valence-corrected chi connectivity index (χ3v) is 4.35. The summed E-state index contributed by atoms with van der Waals surface area (Å²) in [6.07, 6.45) is 5.55. The zero-order chi connectivity index (χ0) is 15.1. The fourth-order valence-corrected chi connectivity index (χ4v) is 3.18. The van der Waals surface area contributed by atoms with E-state index in [-0.39, 0.29) is 18.4 Å². The highest BCUT2D eigenvalue weighted by atomic mass is 16.5. The molecule has 6 heteroatoms. The maximum atomic E-state index is 12.0. The van der Waals surface area contributed by atoms with Gasteiger partial charge in [-0.1, -0.05) is 12.8 Å². The largest absolute Gasteiger partial charge is 0.466 e. The van der Waals surface area contributed by atoms with Gasteiger partial charge in [0.25, 0.3) is 0 Å². The van der Waals surface area contributed by atoms with Gasteiger partial charge < -0.3 is 15.0 Å². The molecule has 1 aliphatic carbocycles. The highest BCUT2D eigenvalue weighted by Crippen LogP contribution is 2.24. The van der Waals surface area contributed by atoms with Gasteiger partial charge >= 0.3 is 12.0 Å². The van der Waals surface area contributed by atoms with E-state index >= 15 is 0 Å². The summed E-state index contributed by atoms with van der Waals surface area (Å²) in [6, 6.07) is 0.671. The van der Waals surface area contributed by atoms with E-state index in [0.717, 1.165) is 32.2 Å². The van der Waals surface area contributed by atoms with Crippen LogP contribution in [0.5, 0.6) is 0 Å². The SMILES string of the molecule is CCOC(=O)CCNC(=O)N1CCN(C2CCCC2)CC1. The molecule has 0 unspecified atom stereocenters. The molecule has 1 saturated heterocycles. The standard InChI is InChI=1S/C15H27N3O3/c1-2-21-14(19)7-8-16-15(20)18-11-9-17(10-12-18)13-5-3-4-6-13/h13H,2-12H2,1H3,(H,16,20). The Kier molecular flexibility index (Phi) is 6.29. The number of esters is 1. The predicted molar refractivity (Wildman–Crippen MR) is 80.1 cm³/mol. The Hall–Kier alpha value is -1.30. The van der Waals surface area contributed by atoms with E-state index in [4.69, 9.17) is 4.74 Å². The van der Waals surface area contributed by atoms with Crippen molar-refractivity contribution in [1.82, 2.24) is 15.1 Å². The van der Waals surface area contributed by atoms with Gasteiger partial charge in [0.1, 0.15) is 0 Å². The molecular weight excluding hydrogens is 270 g/mol. The average molecular weight is 297 g/mol. The first-order valence-corrected chi connectivity index (χ1v) is 8.13. The topological polar surface area (TPSA) is 61.9 Å². The van der Waals surface area contributed by atoms with Gasteiger partial charge in [0.15, 0.2) is 0 Å². The van der Waals surface area contributed by atoms with Crippen LogP contribution in [0.15, 0.2) is 0 Å². The summed E-state index contributed by atoms with van der Waals surface area (Å²) in [5.41, 5.74) is 0. The maximum Gasteiger partial charge on any atom is 0.317 e. The molecule has 2 rings (SSSR count). The van der Waals surface area contributed by atoms with Gasteiger partial charge in [-0.05, 0) is 19.8 Å². The lowest BCUT2D eigenvalue weighted by Gasteiger charge is -2.38. The lowest BCUT2D eigenvalue weighted by molar-refractivity contribution is -0.142. The van der Waals surface area contributed by atoms with Gasteiger partial charge in [-0.25, -0.2) is 4.79 Å². The lowest BCUT2D eigenvalue weighted by atomic mass is 10.2. The van der Waals surface area contributed by atoms with E-state index in [0.29, 0.717) is 13.2 Å². The number of nitrogens with zero attached hydrogens (tertiary/aromatic N) is 2. The van der Waals surface area contributed by atoms with Gasteiger partial charge in [-0.15, -0.1) is 0 Å². The minimum atomic E-state index is -0.260. The van der Waals surface area contributed by atoms with Gasteiger partial charge in [-0.2, -0.15) is 0 Å². The van der Waals surface area contributed by atoms with Crippen LogP contribution in [0.25, 0.3) is 0 Å². The number of hydrogen-bond acceptors (Lipinski definition) is 4. The second kappa shape index (κ2) is 8.22. The smallest absolute Gasteiger partial charge is 0.317 e. The number of nitrogens with one attached hydrogen (secondary N) is 1. The fourth-order valence-electron chi connectivity index (χ4n) is 3.18. The molecule has 2 aliphatic rings. The van der Waals surface area contributed by atoms with Crippen molar-refractivity contribution < 1.29 is 14.3 Å². The van der Waals surface area contributed by atoms with Crippen LogP contribution in [0.3, 0.4) is 0 Å². The zero-order valence-corrected chi connectivity index (χ0v) is 13.0. The summed E-state index contributed by atoms with van der Waals surface area (Å²) in [4.78, 5) is 27.6. The van der Waals surface area contributed by atoms with Crippen LogP contribution in [-0.2, 0) is 9.53 Å². The summed E-state index contributed by atoms with van der Waals surface area (Å²) in [6.45, 7) is 6.01. The van der Waals surface area contributed by atoms with Crippen LogP contribution in [0.2, 0.25) is 0 Å². The van der Waals surface area contributed by atoms with Crippen molar-refractivity contribution in [3.05, 3.63) is 0 Å². The summed E-state index contributed by atoms with van der Waals surface area (Å²) in [5, 5.41) is 2.79. The van der Waals surface area contributed by atoms with Crippen LogP contribution in [-0.4, -0.2) is 67.2 Å². The normalized spacial score (nSPS) is 20.5. The molecule has 1 saturated carbocycles. The molecule has 1 aliphatic heterocycles. The third-order valence-electron chi connectivity index (χ3n) is 4.35. The molecule has 0 aromatic carbocycles. The van der Waals surface area contributed by atoms with Crippen LogP contribution in [0.4, 0.5) is 4.79 Å². The average Bonchev–Trinajstić information content (AvgIpc) is 3.02. The first-order valence-electron chi connectivity index (χ1n) is 8.13. The number of urea groups is 1. The number of amides is 2. The molecule has 1 N–H and O–H groups in total. The second-order valence-electron chi connectivity index (χ2n) is 5.75. The van der Waals surface area contributed by atoms with Gasteiger partial charge in [0.05, 0.1) is 13.0 Å². The molecule has 0 bridgehead atoms. The molecule has 120 valence electrons. The van der Waals surface area contributed by atoms with Crippen molar-refractivity contribution in [3.8, 4) is 0 Å². The van der Waals surface area contributed by atoms with Crippen molar-refractivity contribution in [2.45, 2.75) is 45.1 Å². The highest BCUT2D eigenvalue weighted by Gasteiger charge is 2.27. The van der Waals surface area contributed by atoms with Gasteiger partial charge in [0.2, 0.25) is 0 Å². The summed E-state index contributed by atoms with van der Waals surface area (Å²) >= 11 is 0. The van der Waals surface area contributed by atoms with Crippen LogP contribution in [0, 0.1) is 0 Å². The first kappa shape index (κ1) is 16.1. The number of piperazine rings is 1. The van der Waals surface area contributed by atoms with E-state index in [9.17, 15) is 9.59 Å². The van der Waals surface area contributed by atoms with Crippen molar-refractivity contribution in [3.63, 3.8) is 0 Å². The Morgan fingerprint density at radius 1 is 1.14 bits per heavy atom. The summed E-state index contributed by atoms with van der Waals surface area (Å²) in [5.74, 6) is -0.260. The first-order chi connectivity index (χ1) is 10.2. The molecule has 21 heavy (non-hydrogen) atoms. The summed E-state index contributed by atoms with van der Waals surface area (Å²) < 4.78 is 4.83. The fraction of sp³-hybridized carbons (Fsp3) is 0.867. The Morgan fingerprint density at radius 3 is 2.43 bits per heavy atom.